The summed E-state index contributed by atoms with van der Waals surface area (Å²) in [4.78, 5) is 24.0. The van der Waals surface area contributed by atoms with Crippen LogP contribution in [-0.2, 0) is 21.4 Å². The van der Waals surface area contributed by atoms with Crippen LogP contribution in [0, 0.1) is 18.8 Å². The Balaban J connectivity index is 1.74. The zero-order valence-corrected chi connectivity index (χ0v) is 12.9. The number of hydrogen-bond donors (Lipinski definition) is 2. The van der Waals surface area contributed by atoms with Gasteiger partial charge in [0.25, 0.3) is 0 Å². The topological polar surface area (TPSA) is 93.5 Å². The highest BCUT2D eigenvalue weighted by molar-refractivity contribution is 5.86. The van der Waals surface area contributed by atoms with E-state index in [1.807, 2.05) is 20.9 Å². The number of rotatable bonds is 4. The van der Waals surface area contributed by atoms with Crippen molar-refractivity contribution in [2.45, 2.75) is 44.9 Å². The van der Waals surface area contributed by atoms with E-state index < -0.39 is 17.8 Å². The molecule has 0 unspecified atom stereocenters. The van der Waals surface area contributed by atoms with Gasteiger partial charge in [0.15, 0.2) is 0 Å². The summed E-state index contributed by atoms with van der Waals surface area (Å²) < 4.78 is 7.39. The number of nitrogens with zero attached hydrogens (tertiary/aromatic N) is 2. The Kier molecular flexibility index (Phi) is 3.68. The average Bonchev–Trinajstić information content (AvgIpc) is 3.14. The summed E-state index contributed by atoms with van der Waals surface area (Å²) in [6.07, 6.45) is 2.61. The van der Waals surface area contributed by atoms with Gasteiger partial charge in [0.2, 0.25) is 5.91 Å². The van der Waals surface area contributed by atoms with E-state index in [2.05, 4.69) is 10.4 Å². The van der Waals surface area contributed by atoms with Gasteiger partial charge < -0.3 is 15.2 Å². The third-order valence-electron chi connectivity index (χ3n) is 4.96. The van der Waals surface area contributed by atoms with E-state index in [1.54, 1.807) is 10.9 Å². The van der Waals surface area contributed by atoms with Gasteiger partial charge >= 0.3 is 5.97 Å². The van der Waals surface area contributed by atoms with Gasteiger partial charge in [0.05, 0.1) is 36.3 Å². The number of carboxylic acid groups (broad SMARTS) is 1. The molecule has 120 valence electrons. The summed E-state index contributed by atoms with van der Waals surface area (Å²) in [5.41, 5.74) is 1.92. The summed E-state index contributed by atoms with van der Waals surface area (Å²) >= 11 is 0. The number of aromatic nitrogens is 2. The van der Waals surface area contributed by atoms with Crippen LogP contribution < -0.4 is 5.32 Å². The molecule has 0 radical (unpaired) electrons. The Bertz CT molecular complexity index is 612. The Morgan fingerprint density at radius 1 is 1.41 bits per heavy atom. The van der Waals surface area contributed by atoms with Crippen LogP contribution in [0.1, 0.15) is 37.1 Å². The monoisotopic (exact) mass is 307 g/mol. The minimum Gasteiger partial charge on any atom is -0.481 e. The highest BCUT2D eigenvalue weighted by atomic mass is 16.5. The van der Waals surface area contributed by atoms with E-state index in [-0.39, 0.29) is 24.2 Å². The molecule has 0 aliphatic carbocycles. The Morgan fingerprint density at radius 2 is 2.05 bits per heavy atom. The molecule has 22 heavy (non-hydrogen) atoms. The fourth-order valence-corrected chi connectivity index (χ4v) is 3.65. The van der Waals surface area contributed by atoms with Crippen LogP contribution >= 0.6 is 0 Å². The lowest BCUT2D eigenvalue weighted by atomic mass is 9.78. The van der Waals surface area contributed by atoms with E-state index >= 15 is 0 Å². The van der Waals surface area contributed by atoms with Gasteiger partial charge in [-0.2, -0.15) is 5.10 Å². The maximum absolute atomic E-state index is 12.6. The summed E-state index contributed by atoms with van der Waals surface area (Å²) in [6.45, 7) is 3.82. The number of ether oxygens (including phenoxy) is 1. The smallest absolute Gasteiger partial charge is 0.310 e. The van der Waals surface area contributed by atoms with Crippen molar-refractivity contribution in [2.24, 2.45) is 18.9 Å². The molecule has 0 spiro atoms. The van der Waals surface area contributed by atoms with Crippen molar-refractivity contribution in [3.63, 3.8) is 0 Å². The third-order valence-corrected chi connectivity index (χ3v) is 4.96. The van der Waals surface area contributed by atoms with Crippen molar-refractivity contribution >= 4 is 11.9 Å². The molecule has 1 aromatic rings. The third kappa shape index (κ3) is 2.29. The lowest BCUT2D eigenvalue weighted by Crippen LogP contribution is -2.44. The Hall–Kier alpha value is -1.89. The first-order valence-electron chi connectivity index (χ1n) is 7.57. The molecule has 2 fully saturated rings. The van der Waals surface area contributed by atoms with Gasteiger partial charge in [-0.05, 0) is 26.7 Å². The number of fused-ring (bicyclic) bond motifs is 2. The van der Waals surface area contributed by atoms with Crippen LogP contribution in [0.2, 0.25) is 0 Å². The first kappa shape index (κ1) is 15.0. The number of hydrogen-bond acceptors (Lipinski definition) is 4. The molecule has 3 heterocycles. The molecule has 7 nitrogen and oxygen atoms in total. The van der Waals surface area contributed by atoms with E-state index in [9.17, 15) is 14.7 Å². The van der Waals surface area contributed by atoms with Crippen LogP contribution in [0.5, 0.6) is 0 Å². The normalized spacial score (nSPS) is 31.2. The van der Waals surface area contributed by atoms with Crippen molar-refractivity contribution in [1.29, 1.82) is 0 Å². The van der Waals surface area contributed by atoms with Crippen LogP contribution in [0.15, 0.2) is 6.20 Å². The predicted molar refractivity (Wildman–Crippen MR) is 77.0 cm³/mol. The molecule has 1 amide bonds. The van der Waals surface area contributed by atoms with Crippen molar-refractivity contribution < 1.29 is 19.4 Å². The van der Waals surface area contributed by atoms with E-state index in [4.69, 9.17) is 4.74 Å². The second kappa shape index (κ2) is 5.39. The number of carboxylic acids is 1. The molecule has 1 aromatic heterocycles. The van der Waals surface area contributed by atoms with Crippen LogP contribution in [-0.4, -0.2) is 39.0 Å². The van der Waals surface area contributed by atoms with Gasteiger partial charge in [-0.1, -0.05) is 0 Å². The fraction of sp³-hybridized carbons (Fsp3) is 0.667. The van der Waals surface area contributed by atoms with Gasteiger partial charge in [-0.15, -0.1) is 0 Å². The summed E-state index contributed by atoms with van der Waals surface area (Å²) in [5, 5.41) is 16.5. The SMILES string of the molecule is Cc1c([C@H](C)NC(=O)[C@@H]2[C@H](C(=O)O)[C@H]3CC[C@H]2O3)cnn1C. The molecule has 2 bridgehead atoms. The van der Waals surface area contributed by atoms with E-state index in [1.165, 1.54) is 0 Å². The molecular formula is C15H21N3O4. The van der Waals surface area contributed by atoms with Crippen molar-refractivity contribution in [1.82, 2.24) is 15.1 Å². The van der Waals surface area contributed by atoms with E-state index in [0.29, 0.717) is 0 Å². The molecule has 2 aliphatic heterocycles. The molecule has 0 aromatic carbocycles. The maximum Gasteiger partial charge on any atom is 0.310 e. The number of aryl methyl sites for hydroxylation is 1. The van der Waals surface area contributed by atoms with Crippen molar-refractivity contribution in [3.8, 4) is 0 Å². The zero-order chi connectivity index (χ0) is 16.0. The minimum atomic E-state index is -0.947. The van der Waals surface area contributed by atoms with Gasteiger partial charge in [-0.25, -0.2) is 0 Å². The highest BCUT2D eigenvalue weighted by Gasteiger charge is 2.55. The van der Waals surface area contributed by atoms with Crippen LogP contribution in [0.4, 0.5) is 0 Å². The molecule has 2 saturated heterocycles. The standard InChI is InChI=1S/C15H21N3O4/c1-7(9-6-16-18(3)8(9)2)17-14(19)12-10-4-5-11(22-10)13(12)15(20)21/h6-7,10-13H,4-5H2,1-3H3,(H,17,19)(H,20,21)/t7-,10+,11+,12-,13+/m0/s1. The lowest BCUT2D eigenvalue weighted by Gasteiger charge is -2.25. The quantitative estimate of drug-likeness (QED) is 0.857. The van der Waals surface area contributed by atoms with Gasteiger partial charge in [0.1, 0.15) is 0 Å². The summed E-state index contributed by atoms with van der Waals surface area (Å²) in [6, 6.07) is -0.213. The largest absolute Gasteiger partial charge is 0.481 e. The number of aliphatic carboxylic acids is 1. The molecule has 2 aliphatic rings. The number of nitrogens with one attached hydrogen (secondary N) is 1. The summed E-state index contributed by atoms with van der Waals surface area (Å²) in [7, 11) is 1.84. The van der Waals surface area contributed by atoms with Crippen molar-refractivity contribution in [3.05, 3.63) is 17.5 Å². The molecule has 5 atom stereocenters. The van der Waals surface area contributed by atoms with Gasteiger partial charge in [-0.3, -0.25) is 14.3 Å². The fourth-order valence-electron chi connectivity index (χ4n) is 3.65. The number of carbonyl (C=O) groups is 2. The first-order valence-corrected chi connectivity index (χ1v) is 7.57. The second-order valence-electron chi connectivity index (χ2n) is 6.22. The zero-order valence-electron chi connectivity index (χ0n) is 12.9. The summed E-state index contributed by atoms with van der Waals surface area (Å²) in [5.74, 6) is -2.52. The number of amides is 1. The molecule has 2 N–H and O–H groups in total. The predicted octanol–water partition coefficient (Wildman–Crippen LogP) is 0.784. The second-order valence-corrected chi connectivity index (χ2v) is 6.22. The van der Waals surface area contributed by atoms with Crippen LogP contribution in [0.3, 0.4) is 0 Å². The average molecular weight is 307 g/mol. The number of carbonyl (C=O) groups excluding carboxylic acids is 1. The van der Waals surface area contributed by atoms with E-state index in [0.717, 1.165) is 24.1 Å². The van der Waals surface area contributed by atoms with Gasteiger partial charge in [0, 0.05) is 18.3 Å². The molecule has 7 heteroatoms. The molecule has 3 rings (SSSR count). The van der Waals surface area contributed by atoms with Crippen molar-refractivity contribution in [2.75, 3.05) is 0 Å². The Morgan fingerprint density at radius 3 is 2.59 bits per heavy atom. The molecule has 0 saturated carbocycles. The Labute approximate surface area is 128 Å². The lowest BCUT2D eigenvalue weighted by molar-refractivity contribution is -0.148. The van der Waals surface area contributed by atoms with Crippen LogP contribution in [0.25, 0.3) is 0 Å². The maximum atomic E-state index is 12.6. The first-order chi connectivity index (χ1) is 10.4. The minimum absolute atomic E-state index is 0.213. The molecular weight excluding hydrogens is 286 g/mol. The highest BCUT2D eigenvalue weighted by Crippen LogP contribution is 2.43.